The summed E-state index contributed by atoms with van der Waals surface area (Å²) in [6, 6.07) is 10.9. The van der Waals surface area contributed by atoms with Crippen molar-refractivity contribution in [3.05, 3.63) is 84.1 Å². The molecule has 2 aromatic carbocycles. The quantitative estimate of drug-likeness (QED) is 0.263. The van der Waals surface area contributed by atoms with E-state index < -0.39 is 23.8 Å². The number of amides is 2. The van der Waals surface area contributed by atoms with E-state index in [9.17, 15) is 26.7 Å². The highest BCUT2D eigenvalue weighted by Crippen LogP contribution is 2.25. The fourth-order valence-electron chi connectivity index (χ4n) is 4.06. The molecule has 2 aromatic heterocycles. The summed E-state index contributed by atoms with van der Waals surface area (Å²) in [5, 5.41) is 13.0. The Morgan fingerprint density at radius 1 is 1.15 bits per heavy atom. The molecule has 3 heterocycles. The lowest BCUT2D eigenvalue weighted by atomic mass is 10.1. The van der Waals surface area contributed by atoms with E-state index >= 15 is 0 Å². The van der Waals surface area contributed by atoms with Crippen LogP contribution in [-0.2, 0) is 24.3 Å². The van der Waals surface area contributed by atoms with Crippen molar-refractivity contribution in [3.8, 4) is 22.6 Å². The lowest BCUT2D eigenvalue weighted by molar-refractivity contribution is -0.192. The molecule has 1 unspecified atom stereocenters. The van der Waals surface area contributed by atoms with Crippen molar-refractivity contribution in [2.24, 2.45) is 0 Å². The Labute approximate surface area is 224 Å². The number of hydrogen-bond donors (Lipinski definition) is 4. The zero-order chi connectivity index (χ0) is 28.9. The first-order valence-corrected chi connectivity index (χ1v) is 11.9. The van der Waals surface area contributed by atoms with E-state index in [0.29, 0.717) is 25.2 Å². The lowest BCUT2D eigenvalue weighted by Crippen LogP contribution is -2.45. The number of nitrogens with one attached hydrogen (secondary N) is 3. The Bertz CT molecular complexity index is 1490. The van der Waals surface area contributed by atoms with E-state index in [4.69, 9.17) is 9.90 Å². The van der Waals surface area contributed by atoms with Crippen molar-refractivity contribution in [3.63, 3.8) is 0 Å². The van der Waals surface area contributed by atoms with Crippen molar-refractivity contribution in [2.75, 3.05) is 0 Å². The second-order valence-corrected chi connectivity index (χ2v) is 8.82. The number of aromatic amines is 1. The number of benzene rings is 2. The molecule has 0 fully saturated rings. The number of urea groups is 1. The first-order chi connectivity index (χ1) is 19.0. The van der Waals surface area contributed by atoms with Gasteiger partial charge in [-0.15, -0.1) is 0 Å². The highest BCUT2D eigenvalue weighted by Gasteiger charge is 2.38. The molecule has 9 nitrogen and oxygen atoms in total. The number of alkyl halides is 3. The number of carboxylic acids is 1. The molecule has 1 aliphatic rings. The van der Waals surface area contributed by atoms with Gasteiger partial charge in [0.15, 0.2) is 0 Å². The summed E-state index contributed by atoms with van der Waals surface area (Å²) in [5.41, 5.74) is 2.64. The molecule has 4 aromatic rings. The predicted molar refractivity (Wildman–Crippen MR) is 133 cm³/mol. The summed E-state index contributed by atoms with van der Waals surface area (Å²) in [7, 11) is 0. The number of rotatable bonds is 5. The largest absolute Gasteiger partial charge is 0.490 e. The number of aryl methyl sites for hydroxylation is 1. The lowest BCUT2D eigenvalue weighted by Gasteiger charge is -2.24. The number of nitrogens with zero attached hydrogens (tertiary/aromatic N) is 3. The number of aliphatic carboxylic acids is 1. The Morgan fingerprint density at radius 3 is 2.60 bits per heavy atom. The maximum atomic E-state index is 14.1. The first-order valence-electron chi connectivity index (χ1n) is 11.9. The summed E-state index contributed by atoms with van der Waals surface area (Å²) in [6.07, 6.45) is 1.51. The van der Waals surface area contributed by atoms with Gasteiger partial charge < -0.3 is 25.3 Å². The van der Waals surface area contributed by atoms with Crippen LogP contribution in [0, 0.1) is 11.6 Å². The predicted octanol–water partition coefficient (Wildman–Crippen LogP) is 4.67. The van der Waals surface area contributed by atoms with Crippen LogP contribution in [0.5, 0.6) is 0 Å². The van der Waals surface area contributed by atoms with Crippen LogP contribution in [-0.4, -0.2) is 48.8 Å². The molecule has 40 heavy (non-hydrogen) atoms. The minimum Gasteiger partial charge on any atom is -0.475 e. The average molecular weight is 562 g/mol. The van der Waals surface area contributed by atoms with E-state index in [1.807, 2.05) is 28.8 Å². The number of carboxylic acid groups (broad SMARTS) is 1. The fraction of sp³-hybridized carbons (Fsp3) is 0.231. The third-order valence-electron chi connectivity index (χ3n) is 5.93. The van der Waals surface area contributed by atoms with Gasteiger partial charge in [-0.25, -0.2) is 28.3 Å². The summed E-state index contributed by atoms with van der Waals surface area (Å²) in [4.78, 5) is 33.2. The summed E-state index contributed by atoms with van der Waals surface area (Å²) in [6.45, 7) is 0.921. The molecule has 1 aliphatic heterocycles. The molecule has 0 radical (unpaired) electrons. The Balaban J connectivity index is 0.000000470. The van der Waals surface area contributed by atoms with Crippen molar-refractivity contribution >= 4 is 12.0 Å². The molecular formula is C26H23F5N6O3. The van der Waals surface area contributed by atoms with Crippen molar-refractivity contribution in [1.29, 1.82) is 0 Å². The molecule has 4 N–H and O–H groups in total. The van der Waals surface area contributed by atoms with Crippen LogP contribution in [0.15, 0.2) is 61.1 Å². The van der Waals surface area contributed by atoms with E-state index in [1.165, 1.54) is 12.1 Å². The SMILES string of the molecule is O=C(NCc1cccc(-c2ncc[nH]2)c1)NC1CCc2nc(-c3ccc(F)cc3F)cn2C1.O=C(O)C(F)(F)F. The number of hydrogen-bond acceptors (Lipinski definition) is 4. The summed E-state index contributed by atoms with van der Waals surface area (Å²) < 4.78 is 61.0. The van der Waals surface area contributed by atoms with Crippen LogP contribution in [0.25, 0.3) is 22.6 Å². The van der Waals surface area contributed by atoms with Gasteiger partial charge in [-0.05, 0) is 30.2 Å². The van der Waals surface area contributed by atoms with Crippen molar-refractivity contribution in [1.82, 2.24) is 30.2 Å². The van der Waals surface area contributed by atoms with Crippen LogP contribution < -0.4 is 10.6 Å². The van der Waals surface area contributed by atoms with Crippen LogP contribution in [0.2, 0.25) is 0 Å². The Kier molecular flexibility index (Phi) is 8.46. The maximum Gasteiger partial charge on any atom is 0.490 e. The molecule has 5 rings (SSSR count). The molecule has 14 heteroatoms. The fourth-order valence-corrected chi connectivity index (χ4v) is 4.06. The van der Waals surface area contributed by atoms with Gasteiger partial charge in [0.2, 0.25) is 0 Å². The number of aromatic nitrogens is 4. The molecule has 210 valence electrons. The topological polar surface area (TPSA) is 125 Å². The molecular weight excluding hydrogens is 539 g/mol. The molecule has 0 spiro atoms. The second-order valence-electron chi connectivity index (χ2n) is 8.82. The monoisotopic (exact) mass is 562 g/mol. The summed E-state index contributed by atoms with van der Waals surface area (Å²) in [5.74, 6) is -2.42. The molecule has 0 saturated carbocycles. The van der Waals surface area contributed by atoms with Gasteiger partial charge in [0.25, 0.3) is 0 Å². The average Bonchev–Trinajstić information content (AvgIpc) is 3.58. The normalized spacial score (nSPS) is 14.5. The highest BCUT2D eigenvalue weighted by atomic mass is 19.4. The minimum absolute atomic E-state index is 0.0768. The van der Waals surface area contributed by atoms with Gasteiger partial charge in [-0.2, -0.15) is 13.2 Å². The third kappa shape index (κ3) is 7.21. The number of halogens is 5. The highest BCUT2D eigenvalue weighted by molar-refractivity contribution is 5.74. The van der Waals surface area contributed by atoms with Crippen LogP contribution in [0.3, 0.4) is 0 Å². The number of carbonyl (C=O) groups excluding carboxylic acids is 1. The zero-order valence-electron chi connectivity index (χ0n) is 20.7. The third-order valence-corrected chi connectivity index (χ3v) is 5.93. The van der Waals surface area contributed by atoms with Crippen LogP contribution in [0.4, 0.5) is 26.7 Å². The van der Waals surface area contributed by atoms with E-state index in [-0.39, 0.29) is 17.6 Å². The zero-order valence-corrected chi connectivity index (χ0v) is 20.7. The molecule has 2 amide bonds. The smallest absolute Gasteiger partial charge is 0.475 e. The summed E-state index contributed by atoms with van der Waals surface area (Å²) >= 11 is 0. The molecule has 1 atom stereocenters. The Hall–Kier alpha value is -4.75. The van der Waals surface area contributed by atoms with Gasteiger partial charge in [-0.3, -0.25) is 0 Å². The number of imidazole rings is 2. The van der Waals surface area contributed by atoms with Crippen LogP contribution >= 0.6 is 0 Å². The van der Waals surface area contributed by atoms with E-state index in [2.05, 4.69) is 25.6 Å². The van der Waals surface area contributed by atoms with Gasteiger partial charge >= 0.3 is 18.2 Å². The van der Waals surface area contributed by atoms with Gasteiger partial charge in [0.05, 0.1) is 5.69 Å². The molecule has 0 aliphatic carbocycles. The van der Waals surface area contributed by atoms with E-state index in [0.717, 1.165) is 35.3 Å². The second kappa shape index (κ2) is 12.0. The standard InChI is InChI=1S/C24H22F2N6O.C2HF3O2/c25-17-4-6-19(20(26)11-17)21-14-32-13-18(5-7-22(32)31-21)30-24(33)29-12-15-2-1-3-16(10-15)23-27-8-9-28-23;3-2(4,5)1(6)7/h1-4,6,8-11,14,18H,5,7,12-13H2,(H,27,28)(H2,29,30,33);(H,6,7). The number of fused-ring (bicyclic) bond motifs is 1. The van der Waals surface area contributed by atoms with Gasteiger partial charge in [-0.1, -0.05) is 18.2 Å². The number of H-pyrrole nitrogens is 1. The van der Waals surface area contributed by atoms with Crippen molar-refractivity contribution < 1.29 is 36.6 Å². The van der Waals surface area contributed by atoms with Crippen LogP contribution in [0.1, 0.15) is 17.8 Å². The molecule has 0 saturated heterocycles. The molecule has 0 bridgehead atoms. The van der Waals surface area contributed by atoms with Crippen molar-refractivity contribution in [2.45, 2.75) is 38.1 Å². The van der Waals surface area contributed by atoms with Gasteiger partial charge in [0, 0.05) is 61.3 Å². The first kappa shape index (κ1) is 28.3. The van der Waals surface area contributed by atoms with Gasteiger partial charge in [0.1, 0.15) is 23.3 Å². The maximum absolute atomic E-state index is 14.1. The number of carbonyl (C=O) groups is 2. The van der Waals surface area contributed by atoms with E-state index in [1.54, 1.807) is 18.6 Å². The minimum atomic E-state index is -5.08. The Morgan fingerprint density at radius 2 is 1.93 bits per heavy atom.